The van der Waals surface area contributed by atoms with Crippen molar-refractivity contribution in [1.29, 1.82) is 0 Å². The van der Waals surface area contributed by atoms with E-state index in [1.54, 1.807) is 0 Å². The van der Waals surface area contributed by atoms with Gasteiger partial charge in [0.15, 0.2) is 0 Å². The Bertz CT molecular complexity index is 399. The van der Waals surface area contributed by atoms with Crippen molar-refractivity contribution < 1.29 is 9.53 Å². The van der Waals surface area contributed by atoms with E-state index in [1.807, 2.05) is 0 Å². The van der Waals surface area contributed by atoms with Crippen LogP contribution in [0.25, 0.3) is 0 Å². The van der Waals surface area contributed by atoms with E-state index in [2.05, 4.69) is 62.3 Å². The third kappa shape index (κ3) is 6.85. The Morgan fingerprint density at radius 1 is 1.04 bits per heavy atom. The van der Waals surface area contributed by atoms with E-state index >= 15 is 0 Å². The van der Waals surface area contributed by atoms with Gasteiger partial charge in [-0.3, -0.25) is 4.79 Å². The van der Waals surface area contributed by atoms with Crippen molar-refractivity contribution in [1.82, 2.24) is 0 Å². The van der Waals surface area contributed by atoms with Crippen LogP contribution in [-0.4, -0.2) is 12.1 Å². The van der Waals surface area contributed by atoms with Crippen LogP contribution >= 0.6 is 0 Å². The summed E-state index contributed by atoms with van der Waals surface area (Å²) in [5.41, 5.74) is -0.0290. The number of esters is 1. The molecule has 1 rings (SSSR count). The summed E-state index contributed by atoms with van der Waals surface area (Å²) in [4.78, 5) is 12.9. The summed E-state index contributed by atoms with van der Waals surface area (Å²) in [5, 5.41) is 0. The van der Waals surface area contributed by atoms with Crippen molar-refractivity contribution in [3.63, 3.8) is 0 Å². The summed E-state index contributed by atoms with van der Waals surface area (Å²) in [6.45, 7) is 19.6. The predicted octanol–water partition coefficient (Wildman–Crippen LogP) is 6.23. The molecule has 0 heterocycles. The van der Waals surface area contributed by atoms with Crippen molar-refractivity contribution in [2.75, 3.05) is 0 Å². The second-order valence-corrected chi connectivity index (χ2v) is 10.5. The van der Waals surface area contributed by atoms with Crippen molar-refractivity contribution >= 4 is 5.97 Å². The number of hydrogen-bond donors (Lipinski definition) is 0. The first-order valence-electron chi connectivity index (χ1n) is 9.46. The molecule has 0 bridgehead atoms. The number of carbonyl (C=O) groups excluding carboxylic acids is 1. The van der Waals surface area contributed by atoms with Crippen LogP contribution in [0.2, 0.25) is 0 Å². The highest BCUT2D eigenvalue weighted by atomic mass is 16.5. The molecule has 0 N–H and O–H groups in total. The Balaban J connectivity index is 2.66. The maximum atomic E-state index is 12.9. The van der Waals surface area contributed by atoms with Gasteiger partial charge in [-0.25, -0.2) is 0 Å². The average Bonchev–Trinajstić information content (AvgIpc) is 3.07. The van der Waals surface area contributed by atoms with Crippen molar-refractivity contribution in [2.24, 2.45) is 28.1 Å². The van der Waals surface area contributed by atoms with Gasteiger partial charge in [-0.15, -0.1) is 0 Å². The molecule has 0 aromatic rings. The van der Waals surface area contributed by atoms with Gasteiger partial charge in [0, 0.05) is 0 Å². The van der Waals surface area contributed by atoms with Crippen LogP contribution in [0.5, 0.6) is 0 Å². The van der Waals surface area contributed by atoms with Gasteiger partial charge in [0.2, 0.25) is 0 Å². The summed E-state index contributed by atoms with van der Waals surface area (Å²) >= 11 is 0. The highest BCUT2D eigenvalue weighted by molar-refractivity contribution is 5.77. The monoisotopic (exact) mass is 324 g/mol. The molecule has 1 aliphatic rings. The fourth-order valence-electron chi connectivity index (χ4n) is 3.94. The summed E-state index contributed by atoms with van der Waals surface area (Å²) < 4.78 is 5.92. The minimum Gasteiger partial charge on any atom is -0.462 e. The van der Waals surface area contributed by atoms with Gasteiger partial charge in [0.25, 0.3) is 0 Å². The average molecular weight is 325 g/mol. The summed E-state index contributed by atoms with van der Waals surface area (Å²) in [5.74, 6) is 1.17. The molecule has 0 radical (unpaired) electrons. The van der Waals surface area contributed by atoms with E-state index in [9.17, 15) is 4.79 Å². The molecule has 1 fully saturated rings. The second kappa shape index (κ2) is 7.15. The number of hydrogen-bond acceptors (Lipinski definition) is 2. The van der Waals surface area contributed by atoms with Gasteiger partial charge in [-0.1, -0.05) is 61.3 Å². The van der Waals surface area contributed by atoms with E-state index < -0.39 is 5.41 Å². The van der Waals surface area contributed by atoms with Gasteiger partial charge in [0.1, 0.15) is 0 Å². The summed E-state index contributed by atoms with van der Waals surface area (Å²) in [6, 6.07) is 0. The Labute approximate surface area is 144 Å². The summed E-state index contributed by atoms with van der Waals surface area (Å²) in [6.07, 6.45) is 5.84. The number of ether oxygens (including phenoxy) is 1. The molecule has 136 valence electrons. The molecule has 0 saturated heterocycles. The minimum atomic E-state index is -0.410. The van der Waals surface area contributed by atoms with Crippen LogP contribution in [0.4, 0.5) is 0 Å². The largest absolute Gasteiger partial charge is 0.462 e. The minimum absolute atomic E-state index is 0.00528. The Hall–Kier alpha value is -0.530. The normalized spacial score (nSPS) is 20.3. The molecule has 0 aliphatic heterocycles. The van der Waals surface area contributed by atoms with Crippen LogP contribution in [0, 0.1) is 28.1 Å². The molecule has 23 heavy (non-hydrogen) atoms. The highest BCUT2D eigenvalue weighted by Crippen LogP contribution is 2.43. The molecular weight excluding hydrogens is 284 g/mol. The number of rotatable bonds is 8. The van der Waals surface area contributed by atoms with E-state index in [0.29, 0.717) is 0 Å². The zero-order valence-electron chi connectivity index (χ0n) is 17.1. The fourth-order valence-corrected chi connectivity index (χ4v) is 3.94. The molecule has 2 atom stereocenters. The van der Waals surface area contributed by atoms with Gasteiger partial charge in [-0.2, -0.15) is 0 Å². The maximum Gasteiger partial charge on any atom is 0.312 e. The third-order valence-corrected chi connectivity index (χ3v) is 5.32. The first kappa shape index (κ1) is 20.5. The lowest BCUT2D eigenvalue weighted by Gasteiger charge is -2.38. The van der Waals surface area contributed by atoms with Crippen molar-refractivity contribution in [3.8, 4) is 0 Å². The summed E-state index contributed by atoms with van der Waals surface area (Å²) in [7, 11) is 0. The Morgan fingerprint density at radius 2 is 1.57 bits per heavy atom. The molecule has 0 amide bonds. The molecule has 0 aromatic heterocycles. The molecule has 1 saturated carbocycles. The molecule has 2 nitrogen and oxygen atoms in total. The molecule has 0 aromatic carbocycles. The maximum absolute atomic E-state index is 12.9. The van der Waals surface area contributed by atoms with Crippen LogP contribution in [0.15, 0.2) is 0 Å². The second-order valence-electron chi connectivity index (χ2n) is 10.5. The zero-order chi connectivity index (χ0) is 18.1. The Kier molecular flexibility index (Phi) is 6.38. The van der Waals surface area contributed by atoms with E-state index in [1.165, 1.54) is 19.3 Å². The molecule has 2 unspecified atom stereocenters. The Morgan fingerprint density at radius 3 is 1.96 bits per heavy atom. The van der Waals surface area contributed by atoms with E-state index in [0.717, 1.165) is 18.8 Å². The van der Waals surface area contributed by atoms with Crippen molar-refractivity contribution in [3.05, 3.63) is 0 Å². The van der Waals surface area contributed by atoms with Crippen LogP contribution in [-0.2, 0) is 9.53 Å². The highest BCUT2D eigenvalue weighted by Gasteiger charge is 2.42. The first-order chi connectivity index (χ1) is 10.3. The SMILES string of the molecule is CC(CC(C)(C)CC1CC1)OC(=O)C(C)(CC(C)(C)C)C(C)C. The number of carbonyl (C=O) groups is 1. The van der Waals surface area contributed by atoms with Crippen LogP contribution in [0.3, 0.4) is 0 Å². The molecule has 1 aliphatic carbocycles. The topological polar surface area (TPSA) is 26.3 Å². The molecular formula is C21H40O2. The van der Waals surface area contributed by atoms with Gasteiger partial charge in [-0.05, 0) is 55.8 Å². The lowest BCUT2D eigenvalue weighted by atomic mass is 9.68. The smallest absolute Gasteiger partial charge is 0.312 e. The predicted molar refractivity (Wildman–Crippen MR) is 98.3 cm³/mol. The lowest BCUT2D eigenvalue weighted by molar-refractivity contribution is -0.166. The standard InChI is InChI=1S/C21H40O2/c1-15(2)21(9,14-19(4,5)6)18(22)23-16(3)12-20(7,8)13-17-10-11-17/h15-17H,10-14H2,1-9H3. The zero-order valence-corrected chi connectivity index (χ0v) is 17.1. The van der Waals surface area contributed by atoms with Crippen LogP contribution < -0.4 is 0 Å². The van der Waals surface area contributed by atoms with E-state index in [-0.39, 0.29) is 28.8 Å². The van der Waals surface area contributed by atoms with Gasteiger partial charge >= 0.3 is 5.97 Å². The quantitative estimate of drug-likeness (QED) is 0.494. The fraction of sp³-hybridized carbons (Fsp3) is 0.952. The third-order valence-electron chi connectivity index (χ3n) is 5.32. The van der Waals surface area contributed by atoms with Gasteiger partial charge in [0.05, 0.1) is 11.5 Å². The van der Waals surface area contributed by atoms with Crippen LogP contribution in [0.1, 0.15) is 94.4 Å². The van der Waals surface area contributed by atoms with Crippen molar-refractivity contribution in [2.45, 2.75) is 101 Å². The first-order valence-corrected chi connectivity index (χ1v) is 9.46. The lowest BCUT2D eigenvalue weighted by Crippen LogP contribution is -2.40. The molecule has 0 spiro atoms. The van der Waals surface area contributed by atoms with E-state index in [4.69, 9.17) is 4.74 Å². The molecule has 2 heteroatoms. The van der Waals surface area contributed by atoms with Gasteiger partial charge < -0.3 is 4.74 Å².